The van der Waals surface area contributed by atoms with E-state index >= 15 is 0 Å². The Hall–Kier alpha value is -0.480. The van der Waals surface area contributed by atoms with E-state index in [1.807, 2.05) is 24.3 Å². The molecular formula is C14H19Cl2NO2. The fraction of sp³-hybridized carbons (Fsp3) is 0.571. The summed E-state index contributed by atoms with van der Waals surface area (Å²) < 4.78 is 5.92. The number of nitrogens with zero attached hydrogens (tertiary/aromatic N) is 1. The summed E-state index contributed by atoms with van der Waals surface area (Å²) in [6, 6.07) is 7.49. The molecule has 1 fully saturated rings. The van der Waals surface area contributed by atoms with Crippen LogP contribution in [-0.4, -0.2) is 47.7 Å². The van der Waals surface area contributed by atoms with Crippen LogP contribution in [-0.2, 0) is 0 Å². The Morgan fingerprint density at radius 1 is 1.37 bits per heavy atom. The minimum Gasteiger partial charge on any atom is -0.490 e. The molecule has 1 aromatic rings. The molecule has 2 rings (SSSR count). The zero-order valence-corrected chi connectivity index (χ0v) is 12.3. The molecule has 19 heavy (non-hydrogen) atoms. The van der Waals surface area contributed by atoms with E-state index in [1.165, 1.54) is 0 Å². The van der Waals surface area contributed by atoms with Crippen LogP contribution in [0, 0.1) is 0 Å². The highest BCUT2D eigenvalue weighted by Gasteiger charge is 2.21. The molecular weight excluding hydrogens is 285 g/mol. The first kappa shape index (κ1) is 14.9. The van der Waals surface area contributed by atoms with Crippen molar-refractivity contribution in [1.29, 1.82) is 0 Å². The van der Waals surface area contributed by atoms with Gasteiger partial charge < -0.3 is 14.7 Å². The number of hydrogen-bond acceptors (Lipinski definition) is 3. The van der Waals surface area contributed by atoms with E-state index in [-0.39, 0.29) is 6.10 Å². The average Bonchev–Trinajstić information content (AvgIpc) is 2.41. The van der Waals surface area contributed by atoms with Crippen molar-refractivity contribution >= 4 is 23.2 Å². The molecule has 106 valence electrons. The van der Waals surface area contributed by atoms with Crippen molar-refractivity contribution in [1.82, 2.24) is 4.90 Å². The number of ether oxygens (including phenoxy) is 1. The number of aliphatic hydroxyl groups is 1. The van der Waals surface area contributed by atoms with Gasteiger partial charge in [-0.15, -0.1) is 11.6 Å². The Morgan fingerprint density at radius 2 is 2.11 bits per heavy atom. The standard InChI is InChI=1S/C14H19Cl2NO2/c15-9-12(18)10-17-6-4-13(5-7-17)19-14-3-1-2-11(16)8-14/h1-3,8,12-13,18H,4-7,9-10H2/t12-/m1/s1. The minimum absolute atomic E-state index is 0.225. The minimum atomic E-state index is -0.438. The Balaban J connectivity index is 1.77. The van der Waals surface area contributed by atoms with E-state index in [1.54, 1.807) is 0 Å². The summed E-state index contributed by atoms with van der Waals surface area (Å²) in [7, 11) is 0. The van der Waals surface area contributed by atoms with E-state index in [9.17, 15) is 5.11 Å². The van der Waals surface area contributed by atoms with Gasteiger partial charge in [-0.25, -0.2) is 0 Å². The first-order valence-corrected chi connectivity index (χ1v) is 7.47. The van der Waals surface area contributed by atoms with Gasteiger partial charge >= 0.3 is 0 Å². The molecule has 1 aliphatic heterocycles. The third-order valence-corrected chi connectivity index (χ3v) is 3.87. The maximum Gasteiger partial charge on any atom is 0.121 e. The van der Waals surface area contributed by atoms with E-state index < -0.39 is 6.10 Å². The van der Waals surface area contributed by atoms with E-state index in [0.717, 1.165) is 31.7 Å². The third kappa shape index (κ3) is 4.84. The molecule has 1 saturated heterocycles. The van der Waals surface area contributed by atoms with Crippen LogP contribution < -0.4 is 4.74 Å². The summed E-state index contributed by atoms with van der Waals surface area (Å²) in [6.07, 6.45) is 1.71. The van der Waals surface area contributed by atoms with Crippen LogP contribution >= 0.6 is 23.2 Å². The quantitative estimate of drug-likeness (QED) is 0.849. The molecule has 5 heteroatoms. The summed E-state index contributed by atoms with van der Waals surface area (Å²) in [4.78, 5) is 2.23. The maximum atomic E-state index is 9.52. The van der Waals surface area contributed by atoms with Crippen LogP contribution in [0.4, 0.5) is 0 Å². The van der Waals surface area contributed by atoms with Crippen LogP contribution in [0.3, 0.4) is 0 Å². The molecule has 0 aromatic heterocycles. The second-order valence-electron chi connectivity index (χ2n) is 4.88. The van der Waals surface area contributed by atoms with E-state index in [2.05, 4.69) is 4.90 Å². The molecule has 0 saturated carbocycles. The third-order valence-electron chi connectivity index (χ3n) is 3.28. The molecule has 0 spiro atoms. The molecule has 0 amide bonds. The topological polar surface area (TPSA) is 32.7 Å². The van der Waals surface area contributed by atoms with Crippen molar-refractivity contribution < 1.29 is 9.84 Å². The number of halogens is 2. The molecule has 0 aliphatic carbocycles. The van der Waals surface area contributed by atoms with Crippen molar-refractivity contribution in [2.24, 2.45) is 0 Å². The largest absolute Gasteiger partial charge is 0.490 e. The van der Waals surface area contributed by atoms with Gasteiger partial charge in [0.15, 0.2) is 0 Å². The van der Waals surface area contributed by atoms with Crippen LogP contribution in [0.1, 0.15) is 12.8 Å². The number of aliphatic hydroxyl groups excluding tert-OH is 1. The molecule has 1 aromatic carbocycles. The number of hydrogen-bond donors (Lipinski definition) is 1. The molecule has 1 aliphatic rings. The van der Waals surface area contributed by atoms with Gasteiger partial charge in [-0.05, 0) is 31.0 Å². The Labute approximate surface area is 124 Å². The van der Waals surface area contributed by atoms with Gasteiger partial charge in [0.05, 0.1) is 6.10 Å². The molecule has 0 bridgehead atoms. The number of benzene rings is 1. The lowest BCUT2D eigenvalue weighted by Gasteiger charge is -2.33. The van der Waals surface area contributed by atoms with Gasteiger partial charge in [-0.2, -0.15) is 0 Å². The number of piperidine rings is 1. The van der Waals surface area contributed by atoms with Gasteiger partial charge in [0.2, 0.25) is 0 Å². The van der Waals surface area contributed by atoms with Gasteiger partial charge in [-0.3, -0.25) is 0 Å². The van der Waals surface area contributed by atoms with Crippen molar-refractivity contribution in [3.8, 4) is 5.75 Å². The van der Waals surface area contributed by atoms with Gasteiger partial charge in [0.1, 0.15) is 11.9 Å². The summed E-state index contributed by atoms with van der Waals surface area (Å²) in [5, 5.41) is 10.2. The first-order chi connectivity index (χ1) is 9.17. The predicted molar refractivity (Wildman–Crippen MR) is 78.3 cm³/mol. The van der Waals surface area contributed by atoms with Crippen molar-refractivity contribution in [3.63, 3.8) is 0 Å². The number of alkyl halides is 1. The lowest BCUT2D eigenvalue weighted by molar-refractivity contribution is 0.0683. The Morgan fingerprint density at radius 3 is 2.74 bits per heavy atom. The average molecular weight is 304 g/mol. The van der Waals surface area contributed by atoms with Crippen molar-refractivity contribution in [2.45, 2.75) is 25.0 Å². The number of likely N-dealkylation sites (tertiary alicyclic amines) is 1. The predicted octanol–water partition coefficient (Wildman–Crippen LogP) is 2.78. The Kier molecular flexibility index (Phi) is 5.76. The lowest BCUT2D eigenvalue weighted by atomic mass is 10.1. The summed E-state index contributed by atoms with van der Waals surface area (Å²) >= 11 is 11.5. The van der Waals surface area contributed by atoms with Crippen LogP contribution in [0.25, 0.3) is 0 Å². The number of β-amino-alcohol motifs (C(OH)–C–C–N with tert-alkyl or cyclic N) is 1. The molecule has 0 unspecified atom stereocenters. The monoisotopic (exact) mass is 303 g/mol. The zero-order valence-electron chi connectivity index (χ0n) is 10.8. The maximum absolute atomic E-state index is 9.52. The summed E-state index contributed by atoms with van der Waals surface area (Å²) in [5.41, 5.74) is 0. The van der Waals surface area contributed by atoms with Crippen molar-refractivity contribution in [3.05, 3.63) is 29.3 Å². The fourth-order valence-electron chi connectivity index (χ4n) is 2.29. The van der Waals surface area contributed by atoms with Gasteiger partial charge in [0, 0.05) is 30.5 Å². The van der Waals surface area contributed by atoms with Crippen LogP contribution in [0.15, 0.2) is 24.3 Å². The highest BCUT2D eigenvalue weighted by molar-refractivity contribution is 6.30. The van der Waals surface area contributed by atoms with Gasteiger partial charge in [-0.1, -0.05) is 17.7 Å². The van der Waals surface area contributed by atoms with E-state index in [0.29, 0.717) is 17.4 Å². The van der Waals surface area contributed by atoms with Crippen molar-refractivity contribution in [2.75, 3.05) is 25.5 Å². The fourth-order valence-corrected chi connectivity index (χ4v) is 2.57. The molecule has 3 nitrogen and oxygen atoms in total. The van der Waals surface area contributed by atoms with Crippen LogP contribution in [0.5, 0.6) is 5.75 Å². The second-order valence-corrected chi connectivity index (χ2v) is 5.63. The van der Waals surface area contributed by atoms with Crippen LogP contribution in [0.2, 0.25) is 5.02 Å². The molecule has 0 radical (unpaired) electrons. The first-order valence-electron chi connectivity index (χ1n) is 6.56. The zero-order chi connectivity index (χ0) is 13.7. The second kappa shape index (κ2) is 7.34. The SMILES string of the molecule is O[C@H](CCl)CN1CCC(Oc2cccc(Cl)c2)CC1. The summed E-state index contributed by atoms with van der Waals surface area (Å²) in [6.45, 7) is 2.51. The Bertz CT molecular complexity index is 395. The number of rotatable bonds is 5. The lowest BCUT2D eigenvalue weighted by Crippen LogP contribution is -2.42. The molecule has 1 N–H and O–H groups in total. The highest BCUT2D eigenvalue weighted by atomic mass is 35.5. The highest BCUT2D eigenvalue weighted by Crippen LogP contribution is 2.22. The molecule has 1 atom stereocenters. The summed E-state index contributed by atoms with van der Waals surface area (Å²) in [5.74, 6) is 1.12. The normalized spacial score (nSPS) is 19.3. The van der Waals surface area contributed by atoms with E-state index in [4.69, 9.17) is 27.9 Å². The van der Waals surface area contributed by atoms with Gasteiger partial charge in [0.25, 0.3) is 0 Å². The molecule has 1 heterocycles. The smallest absolute Gasteiger partial charge is 0.121 e.